The lowest BCUT2D eigenvalue weighted by Gasteiger charge is -2.38. The molecule has 7 heteroatoms. The fourth-order valence-corrected chi connectivity index (χ4v) is 3.73. The van der Waals surface area contributed by atoms with Gasteiger partial charge in [0.1, 0.15) is 17.3 Å². The van der Waals surface area contributed by atoms with Crippen molar-refractivity contribution in [2.75, 3.05) is 18.5 Å². The van der Waals surface area contributed by atoms with Crippen molar-refractivity contribution in [3.05, 3.63) is 83.9 Å². The van der Waals surface area contributed by atoms with Crippen molar-refractivity contribution in [2.45, 2.75) is 25.3 Å². The Morgan fingerprint density at radius 2 is 1.90 bits per heavy atom. The number of amides is 2. The maximum atomic E-state index is 13.4. The predicted octanol–water partition coefficient (Wildman–Crippen LogP) is 5.15. The average molecular weight is 421 g/mol. The molecule has 0 atom stereocenters. The molecule has 0 bridgehead atoms. The number of urea groups is 1. The van der Waals surface area contributed by atoms with Crippen LogP contribution in [0.3, 0.4) is 0 Å². The Kier molecular flexibility index (Phi) is 6.13. The monoisotopic (exact) mass is 421 g/mol. The second kappa shape index (κ2) is 9.14. The first kappa shape index (κ1) is 20.8. The molecule has 6 nitrogen and oxygen atoms in total. The highest BCUT2D eigenvalue weighted by molar-refractivity contribution is 5.90. The molecule has 0 radical (unpaired) electrons. The Morgan fingerprint density at radius 1 is 1.13 bits per heavy atom. The minimum atomic E-state index is -0.603. The molecule has 4 rings (SSSR count). The van der Waals surface area contributed by atoms with E-state index in [-0.39, 0.29) is 11.8 Å². The first-order chi connectivity index (χ1) is 15.0. The molecule has 1 aliphatic heterocycles. The minimum absolute atomic E-state index is 0.306. The predicted molar refractivity (Wildman–Crippen MR) is 116 cm³/mol. The molecule has 2 heterocycles. The molecule has 2 aromatic carbocycles. The molecule has 3 aromatic rings. The molecule has 1 fully saturated rings. The fraction of sp³-hybridized carbons (Fsp3) is 0.250. The number of nitrogens with one attached hydrogen (secondary N) is 2. The normalized spacial score (nSPS) is 15.2. The van der Waals surface area contributed by atoms with Gasteiger partial charge < -0.3 is 20.1 Å². The van der Waals surface area contributed by atoms with E-state index < -0.39 is 5.54 Å². The van der Waals surface area contributed by atoms with Crippen molar-refractivity contribution in [1.29, 1.82) is 0 Å². The summed E-state index contributed by atoms with van der Waals surface area (Å²) in [5.74, 6) is 1.02. The van der Waals surface area contributed by atoms with E-state index in [1.54, 1.807) is 36.7 Å². The number of nitrogens with zero attached hydrogens (tertiary/aromatic N) is 1. The quantitative estimate of drug-likeness (QED) is 0.598. The van der Waals surface area contributed by atoms with Crippen LogP contribution >= 0.6 is 0 Å². The lowest BCUT2D eigenvalue weighted by Crippen LogP contribution is -2.50. The zero-order valence-corrected chi connectivity index (χ0v) is 17.2. The van der Waals surface area contributed by atoms with Crippen LogP contribution in [0.15, 0.2) is 67.0 Å². The summed E-state index contributed by atoms with van der Waals surface area (Å²) in [4.78, 5) is 16.9. The van der Waals surface area contributed by atoms with Gasteiger partial charge in [0.25, 0.3) is 0 Å². The zero-order chi connectivity index (χ0) is 21.7. The van der Waals surface area contributed by atoms with Gasteiger partial charge >= 0.3 is 6.03 Å². The van der Waals surface area contributed by atoms with Crippen LogP contribution in [0.5, 0.6) is 11.5 Å². The molecule has 1 aromatic heterocycles. The number of carbonyl (C=O) groups excluding carboxylic acids is 1. The van der Waals surface area contributed by atoms with Gasteiger partial charge in [0.15, 0.2) is 0 Å². The SMILES string of the molecule is Cc1cc(NC(=O)NC2(c3ccc(F)cc3)CCOCC2)ccc1Oc1cccnc1. The highest BCUT2D eigenvalue weighted by atomic mass is 19.1. The van der Waals surface area contributed by atoms with Crippen LogP contribution in [0.1, 0.15) is 24.0 Å². The third-order valence-electron chi connectivity index (χ3n) is 5.39. The summed E-state index contributed by atoms with van der Waals surface area (Å²) in [6, 6.07) is 15.0. The minimum Gasteiger partial charge on any atom is -0.455 e. The van der Waals surface area contributed by atoms with Gasteiger partial charge in [-0.05, 0) is 73.4 Å². The number of aryl methyl sites for hydroxylation is 1. The van der Waals surface area contributed by atoms with E-state index in [9.17, 15) is 9.18 Å². The van der Waals surface area contributed by atoms with Gasteiger partial charge in [-0.3, -0.25) is 4.98 Å². The largest absolute Gasteiger partial charge is 0.455 e. The van der Waals surface area contributed by atoms with E-state index in [1.165, 1.54) is 12.1 Å². The second-order valence-corrected chi connectivity index (χ2v) is 7.55. The molecule has 2 N–H and O–H groups in total. The van der Waals surface area contributed by atoms with Crippen molar-refractivity contribution in [3.63, 3.8) is 0 Å². The summed E-state index contributed by atoms with van der Waals surface area (Å²) in [6.07, 6.45) is 4.55. The number of rotatable bonds is 5. The topological polar surface area (TPSA) is 72.5 Å². The zero-order valence-electron chi connectivity index (χ0n) is 17.2. The number of hydrogen-bond donors (Lipinski definition) is 2. The summed E-state index contributed by atoms with van der Waals surface area (Å²) in [5, 5.41) is 5.99. The molecule has 2 amide bonds. The molecular formula is C24H24FN3O3. The summed E-state index contributed by atoms with van der Waals surface area (Å²) >= 11 is 0. The number of pyridine rings is 1. The number of ether oxygens (including phenoxy) is 2. The lowest BCUT2D eigenvalue weighted by molar-refractivity contribution is 0.0418. The summed E-state index contributed by atoms with van der Waals surface area (Å²) in [5.41, 5.74) is 1.79. The first-order valence-corrected chi connectivity index (χ1v) is 10.2. The Bertz CT molecular complexity index is 1040. The number of aromatic nitrogens is 1. The van der Waals surface area contributed by atoms with Crippen LogP contribution in [0.4, 0.5) is 14.9 Å². The molecule has 0 aliphatic carbocycles. The van der Waals surface area contributed by atoms with Crippen molar-refractivity contribution in [2.24, 2.45) is 0 Å². The molecule has 0 unspecified atom stereocenters. The van der Waals surface area contributed by atoms with Crippen LogP contribution < -0.4 is 15.4 Å². The van der Waals surface area contributed by atoms with Crippen LogP contribution in [0.2, 0.25) is 0 Å². The van der Waals surface area contributed by atoms with Gasteiger partial charge in [0, 0.05) is 25.1 Å². The molecule has 1 saturated heterocycles. The van der Waals surface area contributed by atoms with Gasteiger partial charge in [0.2, 0.25) is 0 Å². The Morgan fingerprint density at radius 3 is 2.58 bits per heavy atom. The highest BCUT2D eigenvalue weighted by Gasteiger charge is 2.36. The van der Waals surface area contributed by atoms with Gasteiger partial charge in [-0.2, -0.15) is 0 Å². The van der Waals surface area contributed by atoms with Crippen LogP contribution in [0.25, 0.3) is 0 Å². The highest BCUT2D eigenvalue weighted by Crippen LogP contribution is 2.33. The van der Waals surface area contributed by atoms with E-state index in [0.29, 0.717) is 43.2 Å². The standard InChI is InChI=1S/C24H24FN3O3/c1-17-15-20(8-9-22(17)31-21-3-2-12-26-16-21)27-23(29)28-24(10-13-30-14-11-24)18-4-6-19(25)7-5-18/h2-9,12,15-16H,10-11,13-14H2,1H3,(H2,27,28,29). The summed E-state index contributed by atoms with van der Waals surface area (Å²) in [7, 11) is 0. The van der Waals surface area contributed by atoms with Gasteiger partial charge in [-0.25, -0.2) is 9.18 Å². The van der Waals surface area contributed by atoms with Gasteiger partial charge in [0.05, 0.1) is 11.7 Å². The number of halogens is 1. The molecule has 0 saturated carbocycles. The van der Waals surface area contributed by atoms with Crippen molar-refractivity contribution in [1.82, 2.24) is 10.3 Å². The Balaban J connectivity index is 1.46. The van der Waals surface area contributed by atoms with Crippen molar-refractivity contribution < 1.29 is 18.7 Å². The number of carbonyl (C=O) groups is 1. The maximum Gasteiger partial charge on any atom is 0.319 e. The summed E-state index contributed by atoms with van der Waals surface area (Å²) < 4.78 is 24.7. The summed E-state index contributed by atoms with van der Waals surface area (Å²) in [6.45, 7) is 2.96. The van der Waals surface area contributed by atoms with Gasteiger partial charge in [-0.1, -0.05) is 12.1 Å². The Labute approximate surface area is 180 Å². The van der Waals surface area contributed by atoms with Crippen molar-refractivity contribution in [3.8, 4) is 11.5 Å². The van der Waals surface area contributed by atoms with Crippen molar-refractivity contribution >= 4 is 11.7 Å². The van der Waals surface area contributed by atoms with E-state index >= 15 is 0 Å². The lowest BCUT2D eigenvalue weighted by atomic mass is 9.83. The number of anilines is 1. The molecule has 0 spiro atoms. The molecule has 160 valence electrons. The third kappa shape index (κ3) is 5.00. The molecule has 31 heavy (non-hydrogen) atoms. The van der Waals surface area contributed by atoms with Crippen LogP contribution in [-0.4, -0.2) is 24.2 Å². The Hall–Kier alpha value is -3.45. The third-order valence-corrected chi connectivity index (χ3v) is 5.39. The maximum absolute atomic E-state index is 13.4. The fourth-order valence-electron chi connectivity index (χ4n) is 3.73. The van der Waals surface area contributed by atoms with Gasteiger partial charge in [-0.15, -0.1) is 0 Å². The van der Waals surface area contributed by atoms with Crippen LogP contribution in [-0.2, 0) is 10.3 Å². The molecule has 1 aliphatic rings. The van der Waals surface area contributed by atoms with E-state index in [0.717, 1.165) is 11.1 Å². The smallest absolute Gasteiger partial charge is 0.319 e. The number of hydrogen-bond acceptors (Lipinski definition) is 4. The molecular weight excluding hydrogens is 397 g/mol. The van der Waals surface area contributed by atoms with E-state index in [4.69, 9.17) is 9.47 Å². The first-order valence-electron chi connectivity index (χ1n) is 10.2. The average Bonchev–Trinajstić information content (AvgIpc) is 2.77. The van der Waals surface area contributed by atoms with Crippen LogP contribution in [0, 0.1) is 12.7 Å². The van der Waals surface area contributed by atoms with E-state index in [2.05, 4.69) is 15.6 Å². The van der Waals surface area contributed by atoms with E-state index in [1.807, 2.05) is 25.1 Å². The second-order valence-electron chi connectivity index (χ2n) is 7.55. The number of benzene rings is 2.